The summed E-state index contributed by atoms with van der Waals surface area (Å²) in [4.78, 5) is 49.2. The summed E-state index contributed by atoms with van der Waals surface area (Å²) in [7, 11) is 1.31. The molecule has 0 radical (unpaired) electrons. The molecule has 10 nitrogen and oxygen atoms in total. The lowest BCUT2D eigenvalue weighted by Gasteiger charge is -2.41. The first-order chi connectivity index (χ1) is 17.9. The Balaban J connectivity index is 2.10. The second-order valence-corrected chi connectivity index (χ2v) is 9.09. The number of fused-ring (bicyclic) bond motifs is 3. The number of ketones is 1. The number of aldehydes is 1. The summed E-state index contributed by atoms with van der Waals surface area (Å²) in [6.45, 7) is -0.992. The van der Waals surface area contributed by atoms with Crippen LogP contribution in [0.25, 0.3) is 0 Å². The van der Waals surface area contributed by atoms with Gasteiger partial charge in [-0.05, 0) is 31.6 Å². The average molecular weight is 543 g/mol. The number of hydrogen-bond donors (Lipinski definition) is 3. The molecule has 1 heterocycles. The van der Waals surface area contributed by atoms with Crippen molar-refractivity contribution < 1.29 is 52.0 Å². The molecule has 4 unspecified atom stereocenters. The molecule has 0 spiro atoms. The van der Waals surface area contributed by atoms with Crippen LogP contribution in [-0.4, -0.2) is 90.2 Å². The number of carbonyl (C=O) groups excluding carboxylic acids is 4. The predicted octanol–water partition coefficient (Wildman–Crippen LogP) is 1.28. The van der Waals surface area contributed by atoms with Crippen LogP contribution in [0.5, 0.6) is 11.5 Å². The molecule has 1 aliphatic carbocycles. The Morgan fingerprint density at radius 3 is 2.53 bits per heavy atom. The van der Waals surface area contributed by atoms with Gasteiger partial charge in [-0.3, -0.25) is 14.4 Å². The van der Waals surface area contributed by atoms with Gasteiger partial charge in [-0.25, -0.2) is 0 Å². The number of carbonyl (C=O) groups is 4. The Morgan fingerprint density at radius 2 is 1.95 bits per heavy atom. The van der Waals surface area contributed by atoms with Crippen molar-refractivity contribution in [3.8, 4) is 11.5 Å². The van der Waals surface area contributed by atoms with Crippen LogP contribution in [0.3, 0.4) is 0 Å². The number of nitrogens with one attached hydrogen (secondary N) is 1. The van der Waals surface area contributed by atoms with Gasteiger partial charge in [0, 0.05) is 36.1 Å². The largest absolute Gasteiger partial charge is 0.493 e. The van der Waals surface area contributed by atoms with Crippen LogP contribution in [-0.2, 0) is 14.4 Å². The molecule has 2 amide bonds. The Bertz CT molecular complexity index is 1120. The zero-order valence-corrected chi connectivity index (χ0v) is 20.8. The number of nitrogens with zero attached hydrogens (tertiary/aromatic N) is 1. The van der Waals surface area contributed by atoms with E-state index in [0.29, 0.717) is 16.7 Å². The fourth-order valence-corrected chi connectivity index (χ4v) is 4.74. The zero-order valence-electron chi connectivity index (χ0n) is 20.8. The third-order valence-corrected chi connectivity index (χ3v) is 6.36. The first-order valence-electron chi connectivity index (χ1n) is 11.9. The first kappa shape index (κ1) is 29.1. The molecule has 0 saturated heterocycles. The zero-order chi connectivity index (χ0) is 28.2. The lowest BCUT2D eigenvalue weighted by atomic mass is 9.77. The fourth-order valence-electron chi connectivity index (χ4n) is 4.74. The van der Waals surface area contributed by atoms with E-state index in [9.17, 15) is 37.5 Å². The Morgan fingerprint density at radius 1 is 1.24 bits per heavy atom. The van der Waals surface area contributed by atoms with Gasteiger partial charge in [0.2, 0.25) is 11.8 Å². The maximum atomic E-state index is 13.5. The normalized spacial score (nSPS) is 21.9. The summed E-state index contributed by atoms with van der Waals surface area (Å²) < 4.78 is 51.8. The molecule has 0 fully saturated rings. The first-order valence-corrected chi connectivity index (χ1v) is 11.9. The van der Waals surface area contributed by atoms with E-state index in [0.717, 1.165) is 6.08 Å². The van der Waals surface area contributed by atoms with Gasteiger partial charge in [-0.2, -0.15) is 13.2 Å². The highest BCUT2D eigenvalue weighted by molar-refractivity contribution is 5.96. The number of halogens is 3. The molecule has 2 aliphatic rings. The van der Waals surface area contributed by atoms with E-state index in [4.69, 9.17) is 14.6 Å². The van der Waals surface area contributed by atoms with Gasteiger partial charge in [-0.1, -0.05) is 0 Å². The van der Waals surface area contributed by atoms with Crippen molar-refractivity contribution in [3.05, 3.63) is 34.9 Å². The molecule has 1 aromatic rings. The number of Topliss-reactive ketones (excluding diaryl/α,β-unsaturated/α-hetero) is 1. The SMILES string of the molecule is COc1cc(C=O)cc2c1OC1C2C(C(=O)NCCO)=CC(N(CC(F)(F)F)C(=O)CCCC(C)=O)C1O. The van der Waals surface area contributed by atoms with Gasteiger partial charge in [0.25, 0.3) is 0 Å². The lowest BCUT2D eigenvalue weighted by Crippen LogP contribution is -2.57. The van der Waals surface area contributed by atoms with Crippen molar-refractivity contribution in [1.82, 2.24) is 10.2 Å². The second-order valence-electron chi connectivity index (χ2n) is 9.09. The van der Waals surface area contributed by atoms with Gasteiger partial charge in [0.05, 0.1) is 25.7 Å². The van der Waals surface area contributed by atoms with Crippen LogP contribution in [0.4, 0.5) is 13.2 Å². The smallest absolute Gasteiger partial charge is 0.406 e. The molecule has 3 N–H and O–H groups in total. The summed E-state index contributed by atoms with van der Waals surface area (Å²) >= 11 is 0. The molecule has 38 heavy (non-hydrogen) atoms. The van der Waals surface area contributed by atoms with Crippen LogP contribution in [0.1, 0.15) is 48.0 Å². The number of ether oxygens (including phenoxy) is 2. The molecule has 1 aliphatic heterocycles. The lowest BCUT2D eigenvalue weighted by molar-refractivity contribution is -0.170. The molecular weight excluding hydrogens is 513 g/mol. The van der Waals surface area contributed by atoms with Crippen LogP contribution in [0.15, 0.2) is 23.8 Å². The number of methoxy groups -OCH3 is 1. The van der Waals surface area contributed by atoms with Gasteiger partial charge < -0.3 is 34.7 Å². The van der Waals surface area contributed by atoms with Crippen LogP contribution in [0.2, 0.25) is 0 Å². The maximum absolute atomic E-state index is 13.5. The highest BCUT2D eigenvalue weighted by Crippen LogP contribution is 2.51. The number of rotatable bonds is 11. The number of alkyl halides is 3. The van der Waals surface area contributed by atoms with E-state index in [1.165, 1.54) is 26.2 Å². The third kappa shape index (κ3) is 6.33. The topological polar surface area (TPSA) is 142 Å². The van der Waals surface area contributed by atoms with Gasteiger partial charge in [0.15, 0.2) is 11.5 Å². The Labute approximate surface area is 216 Å². The van der Waals surface area contributed by atoms with E-state index in [-0.39, 0.29) is 54.2 Å². The number of benzene rings is 1. The van der Waals surface area contributed by atoms with Crippen LogP contribution < -0.4 is 14.8 Å². The Hall–Kier alpha value is -3.45. The van der Waals surface area contributed by atoms with E-state index >= 15 is 0 Å². The minimum absolute atomic E-state index is 0.00848. The average Bonchev–Trinajstić information content (AvgIpc) is 3.25. The maximum Gasteiger partial charge on any atom is 0.406 e. The third-order valence-electron chi connectivity index (χ3n) is 6.36. The molecule has 0 saturated carbocycles. The molecule has 208 valence electrons. The van der Waals surface area contributed by atoms with Crippen molar-refractivity contribution in [2.24, 2.45) is 0 Å². The second kappa shape index (κ2) is 11.9. The standard InChI is InChI=1S/C25H29F3N2O8/c1-13(33)4-3-5-19(34)30(12-25(26,27)28)17-10-16(24(36)29-6-7-31)20-15-8-14(11-32)9-18(37-2)22(15)38-23(20)21(17)35/h8-11,17,20-21,23,31,35H,3-7,12H2,1-2H3,(H,29,36). The minimum atomic E-state index is -4.83. The molecule has 1 aromatic carbocycles. The molecule has 0 bridgehead atoms. The quantitative estimate of drug-likeness (QED) is 0.355. The minimum Gasteiger partial charge on any atom is -0.493 e. The summed E-state index contributed by atoms with van der Waals surface area (Å²) in [5.74, 6) is -2.75. The van der Waals surface area contributed by atoms with Gasteiger partial charge >= 0.3 is 6.18 Å². The summed E-state index contributed by atoms with van der Waals surface area (Å²) in [6.07, 6.45) is -6.59. The fraction of sp³-hybridized carbons (Fsp3) is 0.520. The van der Waals surface area contributed by atoms with Crippen molar-refractivity contribution >= 4 is 23.9 Å². The van der Waals surface area contributed by atoms with Crippen LogP contribution in [0, 0.1) is 0 Å². The van der Waals surface area contributed by atoms with Crippen molar-refractivity contribution in [3.63, 3.8) is 0 Å². The molecule has 13 heteroatoms. The summed E-state index contributed by atoms with van der Waals surface area (Å²) in [5, 5.41) is 22.8. The number of amides is 2. The van der Waals surface area contributed by atoms with E-state index < -0.39 is 55.3 Å². The van der Waals surface area contributed by atoms with E-state index in [1.54, 1.807) is 0 Å². The van der Waals surface area contributed by atoms with E-state index in [2.05, 4.69) is 5.32 Å². The molecule has 3 rings (SSSR count). The monoisotopic (exact) mass is 542 g/mol. The molecule has 0 aromatic heterocycles. The highest BCUT2D eigenvalue weighted by atomic mass is 19.4. The highest BCUT2D eigenvalue weighted by Gasteiger charge is 2.52. The van der Waals surface area contributed by atoms with Gasteiger partial charge in [-0.15, -0.1) is 0 Å². The van der Waals surface area contributed by atoms with Crippen molar-refractivity contribution in [2.75, 3.05) is 26.8 Å². The Kier molecular flexibility index (Phi) is 9.15. The number of aliphatic hydroxyl groups is 2. The summed E-state index contributed by atoms with van der Waals surface area (Å²) in [6, 6.07) is 1.19. The van der Waals surface area contributed by atoms with Gasteiger partial charge in [0.1, 0.15) is 30.8 Å². The van der Waals surface area contributed by atoms with Crippen molar-refractivity contribution in [2.45, 2.75) is 56.5 Å². The van der Waals surface area contributed by atoms with Crippen molar-refractivity contribution in [1.29, 1.82) is 0 Å². The number of hydrogen-bond acceptors (Lipinski definition) is 8. The molecule has 4 atom stereocenters. The molecular formula is C25H29F3N2O8. The number of aliphatic hydroxyl groups excluding tert-OH is 2. The summed E-state index contributed by atoms with van der Waals surface area (Å²) in [5.41, 5.74) is 0.372. The van der Waals surface area contributed by atoms with E-state index in [1.807, 2.05) is 0 Å². The predicted molar refractivity (Wildman–Crippen MR) is 126 cm³/mol. The van der Waals surface area contributed by atoms with Crippen LogP contribution >= 0.6 is 0 Å².